The van der Waals surface area contributed by atoms with Gasteiger partial charge < -0.3 is 9.84 Å². The molecule has 1 aromatic carbocycles. The van der Waals surface area contributed by atoms with E-state index in [0.29, 0.717) is 5.56 Å². The highest BCUT2D eigenvalue weighted by Crippen LogP contribution is 2.20. The van der Waals surface area contributed by atoms with E-state index in [1.165, 1.54) is 19.2 Å². The number of hydrogen-bond acceptors (Lipinski definition) is 4. The van der Waals surface area contributed by atoms with Crippen LogP contribution in [0.4, 0.5) is 4.39 Å². The number of nitrogens with zero attached hydrogens (tertiary/aromatic N) is 1. The van der Waals surface area contributed by atoms with Crippen molar-refractivity contribution in [2.45, 2.75) is 31.7 Å². The third-order valence-electron chi connectivity index (χ3n) is 4.03. The first-order chi connectivity index (χ1) is 10.2. The Morgan fingerprint density at radius 1 is 1.43 bits per heavy atom. The number of carbonyl (C=O) groups is 1. The van der Waals surface area contributed by atoms with Gasteiger partial charge in [0.25, 0.3) is 0 Å². The van der Waals surface area contributed by atoms with Crippen LogP contribution in [0.2, 0.25) is 0 Å². The maximum absolute atomic E-state index is 13.7. The molecule has 0 bridgehead atoms. The second kappa shape index (κ2) is 7.52. The zero-order valence-corrected chi connectivity index (χ0v) is 12.3. The van der Waals surface area contributed by atoms with Crippen molar-refractivity contribution in [1.29, 1.82) is 0 Å². The minimum Gasteiger partial charge on any atom is -0.494 e. The summed E-state index contributed by atoms with van der Waals surface area (Å²) in [5.41, 5.74) is 0.342. The largest absolute Gasteiger partial charge is 0.494 e. The summed E-state index contributed by atoms with van der Waals surface area (Å²) in [4.78, 5) is 14.3. The Hall–Kier alpha value is -1.46. The molecule has 1 aromatic rings. The van der Waals surface area contributed by atoms with Crippen LogP contribution in [0.5, 0.6) is 5.75 Å². The minimum absolute atomic E-state index is 0.0274. The van der Waals surface area contributed by atoms with Crippen molar-refractivity contribution in [3.8, 4) is 5.75 Å². The first-order valence-electron chi connectivity index (χ1n) is 7.37. The van der Waals surface area contributed by atoms with Crippen LogP contribution in [0.25, 0.3) is 0 Å². The smallest absolute Gasteiger partial charge is 0.176 e. The van der Waals surface area contributed by atoms with E-state index in [0.717, 1.165) is 32.2 Å². The monoisotopic (exact) mass is 295 g/mol. The Morgan fingerprint density at radius 2 is 2.24 bits per heavy atom. The molecule has 1 unspecified atom stereocenters. The second-order valence-electron chi connectivity index (χ2n) is 5.43. The molecule has 21 heavy (non-hydrogen) atoms. The van der Waals surface area contributed by atoms with Crippen LogP contribution >= 0.6 is 0 Å². The number of ether oxygens (including phenoxy) is 1. The molecule has 0 saturated carbocycles. The Morgan fingerprint density at radius 3 is 2.90 bits per heavy atom. The molecule has 1 N–H and O–H groups in total. The van der Waals surface area contributed by atoms with Crippen molar-refractivity contribution >= 4 is 5.78 Å². The first-order valence-corrected chi connectivity index (χ1v) is 7.37. The Balaban J connectivity index is 2.07. The molecule has 1 aliphatic rings. The summed E-state index contributed by atoms with van der Waals surface area (Å²) in [6.45, 7) is 1.08. The zero-order chi connectivity index (χ0) is 15.2. The number of aliphatic hydroxyl groups excluding tert-OH is 1. The van der Waals surface area contributed by atoms with Crippen LogP contribution < -0.4 is 4.74 Å². The van der Waals surface area contributed by atoms with Gasteiger partial charge in [-0.15, -0.1) is 0 Å². The molecule has 4 nitrogen and oxygen atoms in total. The molecule has 1 heterocycles. The predicted octanol–water partition coefficient (Wildman–Crippen LogP) is 2.25. The molecular formula is C16H22FNO3. The second-order valence-corrected chi connectivity index (χ2v) is 5.43. The van der Waals surface area contributed by atoms with Gasteiger partial charge >= 0.3 is 0 Å². The number of methoxy groups -OCH3 is 1. The molecule has 5 heteroatoms. The van der Waals surface area contributed by atoms with Gasteiger partial charge in [-0.25, -0.2) is 4.39 Å². The molecule has 116 valence electrons. The molecule has 1 fully saturated rings. The molecule has 0 aromatic heterocycles. The summed E-state index contributed by atoms with van der Waals surface area (Å²) >= 11 is 0. The number of carbonyl (C=O) groups excluding carboxylic acids is 1. The van der Waals surface area contributed by atoms with Gasteiger partial charge in [-0.1, -0.05) is 12.8 Å². The number of benzene rings is 1. The summed E-state index contributed by atoms with van der Waals surface area (Å²) in [5.74, 6) is -0.524. The van der Waals surface area contributed by atoms with Crippen LogP contribution in [-0.4, -0.2) is 48.6 Å². The SMILES string of the molecule is COc1ccc(C(=O)CN2CCCCCC2CO)cc1F. The lowest BCUT2D eigenvalue weighted by atomic mass is 10.1. The third-order valence-corrected chi connectivity index (χ3v) is 4.03. The van der Waals surface area contributed by atoms with Crippen molar-refractivity contribution in [3.05, 3.63) is 29.6 Å². The van der Waals surface area contributed by atoms with Gasteiger partial charge in [-0.2, -0.15) is 0 Å². The topological polar surface area (TPSA) is 49.8 Å². The van der Waals surface area contributed by atoms with Gasteiger partial charge in [0.15, 0.2) is 17.3 Å². The normalized spacial score (nSPS) is 20.0. The molecule has 0 radical (unpaired) electrons. The maximum atomic E-state index is 13.7. The van der Waals surface area contributed by atoms with Crippen LogP contribution in [-0.2, 0) is 0 Å². The Kier molecular flexibility index (Phi) is 5.70. The van der Waals surface area contributed by atoms with Crippen molar-refractivity contribution in [2.24, 2.45) is 0 Å². The van der Waals surface area contributed by atoms with Crippen molar-refractivity contribution in [3.63, 3.8) is 0 Å². The first kappa shape index (κ1) is 15.9. The molecule has 0 spiro atoms. The number of hydrogen-bond donors (Lipinski definition) is 1. The van der Waals surface area contributed by atoms with Gasteiger partial charge in [-0.3, -0.25) is 9.69 Å². The van der Waals surface area contributed by atoms with Gasteiger partial charge in [0.05, 0.1) is 20.3 Å². The van der Waals surface area contributed by atoms with E-state index in [1.807, 2.05) is 4.90 Å². The van der Waals surface area contributed by atoms with Gasteiger partial charge in [-0.05, 0) is 37.6 Å². The fraction of sp³-hybridized carbons (Fsp3) is 0.562. The summed E-state index contributed by atoms with van der Waals surface area (Å²) < 4.78 is 18.5. The average molecular weight is 295 g/mol. The van der Waals surface area contributed by atoms with Crippen LogP contribution in [0.15, 0.2) is 18.2 Å². The van der Waals surface area contributed by atoms with Crippen molar-refractivity contribution in [1.82, 2.24) is 4.90 Å². The number of rotatable bonds is 5. The van der Waals surface area contributed by atoms with Gasteiger partial charge in [0, 0.05) is 11.6 Å². The predicted molar refractivity (Wildman–Crippen MR) is 78.2 cm³/mol. The summed E-state index contributed by atoms with van der Waals surface area (Å²) in [5, 5.41) is 9.45. The van der Waals surface area contributed by atoms with E-state index >= 15 is 0 Å². The molecule has 2 rings (SSSR count). The van der Waals surface area contributed by atoms with E-state index in [1.54, 1.807) is 6.07 Å². The highest BCUT2D eigenvalue weighted by atomic mass is 19.1. The van der Waals surface area contributed by atoms with Crippen molar-refractivity contribution in [2.75, 3.05) is 26.8 Å². The van der Waals surface area contributed by atoms with Crippen molar-refractivity contribution < 1.29 is 19.0 Å². The van der Waals surface area contributed by atoms with Gasteiger partial charge in [0.1, 0.15) is 0 Å². The average Bonchev–Trinajstić information content (AvgIpc) is 2.72. The third kappa shape index (κ3) is 4.02. The summed E-state index contributed by atoms with van der Waals surface area (Å²) in [6, 6.07) is 4.29. The zero-order valence-electron chi connectivity index (χ0n) is 12.3. The van der Waals surface area contributed by atoms with Crippen LogP contribution in [0.3, 0.4) is 0 Å². The number of halogens is 1. The van der Waals surface area contributed by atoms with E-state index in [-0.39, 0.29) is 30.7 Å². The molecule has 0 aliphatic carbocycles. The fourth-order valence-electron chi connectivity index (χ4n) is 2.77. The summed E-state index contributed by atoms with van der Waals surface area (Å²) in [7, 11) is 1.39. The van der Waals surface area contributed by atoms with Crippen LogP contribution in [0.1, 0.15) is 36.0 Å². The summed E-state index contributed by atoms with van der Waals surface area (Å²) in [6.07, 6.45) is 4.13. The lowest BCUT2D eigenvalue weighted by Crippen LogP contribution is -2.40. The lowest BCUT2D eigenvalue weighted by Gasteiger charge is -2.27. The quantitative estimate of drug-likeness (QED) is 0.847. The fourth-order valence-corrected chi connectivity index (χ4v) is 2.77. The molecular weight excluding hydrogens is 273 g/mol. The highest BCUT2D eigenvalue weighted by molar-refractivity contribution is 5.97. The number of Topliss-reactive ketones (excluding diaryl/α,β-unsaturated/α-hetero) is 1. The van der Waals surface area contributed by atoms with E-state index in [9.17, 15) is 14.3 Å². The van der Waals surface area contributed by atoms with Gasteiger partial charge in [0.2, 0.25) is 0 Å². The minimum atomic E-state index is -0.530. The lowest BCUT2D eigenvalue weighted by molar-refractivity contribution is 0.0825. The number of likely N-dealkylation sites (tertiary alicyclic amines) is 1. The highest BCUT2D eigenvalue weighted by Gasteiger charge is 2.23. The number of ketones is 1. The molecule has 1 aliphatic heterocycles. The number of aliphatic hydroxyl groups is 1. The van der Waals surface area contributed by atoms with Crippen LogP contribution in [0, 0.1) is 5.82 Å². The standard InChI is InChI=1S/C16H22FNO3/c1-21-16-7-6-12(9-14(16)17)15(20)10-18-8-4-2-3-5-13(18)11-19/h6-7,9,13,19H,2-5,8,10-11H2,1H3. The molecule has 0 amide bonds. The van der Waals surface area contributed by atoms with E-state index in [4.69, 9.17) is 4.74 Å². The molecule has 1 atom stereocenters. The van der Waals surface area contributed by atoms with E-state index < -0.39 is 5.82 Å². The Labute approximate surface area is 124 Å². The Bertz CT molecular complexity index is 492. The molecule has 1 saturated heterocycles. The maximum Gasteiger partial charge on any atom is 0.176 e. The van der Waals surface area contributed by atoms with E-state index in [2.05, 4.69) is 0 Å².